The molecule has 0 fully saturated rings. The lowest BCUT2D eigenvalue weighted by Gasteiger charge is -2.14. The first-order chi connectivity index (χ1) is 20.3. The van der Waals surface area contributed by atoms with Crippen molar-refractivity contribution in [2.24, 2.45) is 0 Å². The lowest BCUT2D eigenvalue weighted by molar-refractivity contribution is 1.09. The summed E-state index contributed by atoms with van der Waals surface area (Å²) in [6.45, 7) is 22.8. The Morgan fingerprint density at radius 3 is 2.21 bits per heavy atom. The molecule has 42 heavy (non-hydrogen) atoms. The minimum absolute atomic E-state index is 0.714. The summed E-state index contributed by atoms with van der Waals surface area (Å²) in [5.41, 5.74) is 11.2. The zero-order chi connectivity index (χ0) is 30.6. The monoisotopic (exact) mass is 559 g/mol. The average molecular weight is 560 g/mol. The van der Waals surface area contributed by atoms with E-state index in [2.05, 4.69) is 98.9 Å². The lowest BCUT2D eigenvalue weighted by atomic mass is 10.1. The SMILES string of the molecule is C=C(C)c1ccc(NC(=C)c2cccc(-c3cn4ccnc4c(Nc4ccc(CC)c(C)c4)n3)c2)cc1.CC.CCC. The number of imidazole rings is 1. The molecule has 0 aliphatic rings. The third-order valence-corrected chi connectivity index (χ3v) is 6.54. The highest BCUT2D eigenvalue weighted by Gasteiger charge is 2.11. The number of nitrogens with one attached hydrogen (secondary N) is 2. The molecule has 5 aromatic rings. The maximum atomic E-state index is 4.97. The summed E-state index contributed by atoms with van der Waals surface area (Å²) in [5, 5.41) is 6.90. The van der Waals surface area contributed by atoms with Gasteiger partial charge in [0.1, 0.15) is 0 Å². The minimum atomic E-state index is 0.714. The minimum Gasteiger partial charge on any atom is -0.356 e. The molecule has 0 saturated carbocycles. The molecule has 0 amide bonds. The molecule has 0 aliphatic heterocycles. The summed E-state index contributed by atoms with van der Waals surface area (Å²) in [4.78, 5) is 9.49. The smallest absolute Gasteiger partial charge is 0.180 e. The van der Waals surface area contributed by atoms with E-state index in [0.29, 0.717) is 5.82 Å². The van der Waals surface area contributed by atoms with Crippen molar-refractivity contribution in [1.29, 1.82) is 0 Å². The fraction of sp³-hybridized carbons (Fsp3) is 0.243. The number of allylic oxidation sites excluding steroid dienone is 1. The number of nitrogens with zero attached hydrogens (tertiary/aromatic N) is 3. The normalized spacial score (nSPS) is 10.2. The van der Waals surface area contributed by atoms with Gasteiger partial charge in [0, 0.05) is 41.2 Å². The van der Waals surface area contributed by atoms with Crippen molar-refractivity contribution in [3.05, 3.63) is 121 Å². The van der Waals surface area contributed by atoms with E-state index < -0.39 is 0 Å². The Morgan fingerprint density at radius 2 is 1.57 bits per heavy atom. The molecule has 0 atom stereocenters. The first kappa shape index (κ1) is 31.9. The third-order valence-electron chi connectivity index (χ3n) is 6.54. The molecular formula is C37H45N5. The highest BCUT2D eigenvalue weighted by Crippen LogP contribution is 2.28. The van der Waals surface area contributed by atoms with Gasteiger partial charge in [-0.1, -0.05) is 96.2 Å². The summed E-state index contributed by atoms with van der Waals surface area (Å²) in [5.74, 6) is 0.714. The van der Waals surface area contributed by atoms with Gasteiger partial charge in [0.2, 0.25) is 0 Å². The van der Waals surface area contributed by atoms with E-state index in [4.69, 9.17) is 4.98 Å². The second-order valence-electron chi connectivity index (χ2n) is 10.0. The van der Waals surface area contributed by atoms with Gasteiger partial charge in [-0.15, -0.1) is 0 Å². The average Bonchev–Trinajstić information content (AvgIpc) is 3.48. The third kappa shape index (κ3) is 7.97. The van der Waals surface area contributed by atoms with Gasteiger partial charge in [-0.2, -0.15) is 0 Å². The first-order valence-electron chi connectivity index (χ1n) is 14.9. The summed E-state index contributed by atoms with van der Waals surface area (Å²) in [6, 6.07) is 22.9. The second-order valence-corrected chi connectivity index (χ2v) is 10.0. The van der Waals surface area contributed by atoms with E-state index in [0.717, 1.165) is 57.1 Å². The standard InChI is InChI=1S/C32H31N5.C3H8.C2H6/c1-6-24-10-15-29(18-22(24)4)35-31-32-33-16-17-37(32)20-30(36-31)27-9-7-8-26(19-27)23(5)34-28-13-11-25(12-14-28)21(2)3;1-3-2;1-2/h7-20,34H,2,5-6H2,1,3-4H3,(H,35,36);3H2,1-2H3;1-2H3. The Hall–Kier alpha value is -4.64. The van der Waals surface area contributed by atoms with Crippen molar-refractivity contribution in [2.45, 2.75) is 61.3 Å². The van der Waals surface area contributed by atoms with Crippen LogP contribution in [0, 0.1) is 6.92 Å². The first-order valence-corrected chi connectivity index (χ1v) is 14.9. The predicted octanol–water partition coefficient (Wildman–Crippen LogP) is 10.6. The maximum Gasteiger partial charge on any atom is 0.180 e. The van der Waals surface area contributed by atoms with Crippen molar-refractivity contribution >= 4 is 34.1 Å². The van der Waals surface area contributed by atoms with Gasteiger partial charge in [0.05, 0.1) is 5.69 Å². The molecule has 0 unspecified atom stereocenters. The maximum absolute atomic E-state index is 4.97. The molecule has 2 heterocycles. The highest BCUT2D eigenvalue weighted by molar-refractivity contribution is 5.79. The second kappa shape index (κ2) is 15.4. The number of rotatable bonds is 8. The molecule has 0 saturated heterocycles. The van der Waals surface area contributed by atoms with Gasteiger partial charge in [-0.25, -0.2) is 9.97 Å². The van der Waals surface area contributed by atoms with Crippen LogP contribution in [0.1, 0.15) is 70.2 Å². The van der Waals surface area contributed by atoms with Crippen LogP contribution in [-0.4, -0.2) is 14.4 Å². The highest BCUT2D eigenvalue weighted by atomic mass is 15.1. The van der Waals surface area contributed by atoms with Gasteiger partial charge in [-0.05, 0) is 72.9 Å². The Labute approximate surface area is 252 Å². The molecule has 2 N–H and O–H groups in total. The summed E-state index contributed by atoms with van der Waals surface area (Å²) in [7, 11) is 0. The largest absolute Gasteiger partial charge is 0.356 e. The van der Waals surface area contributed by atoms with E-state index in [-0.39, 0.29) is 0 Å². The van der Waals surface area contributed by atoms with E-state index in [1.54, 1.807) is 6.20 Å². The number of anilines is 3. The van der Waals surface area contributed by atoms with Crippen molar-refractivity contribution in [1.82, 2.24) is 14.4 Å². The Balaban J connectivity index is 0.000000910. The van der Waals surface area contributed by atoms with Gasteiger partial charge in [0.15, 0.2) is 11.5 Å². The van der Waals surface area contributed by atoms with Crippen molar-refractivity contribution < 1.29 is 0 Å². The lowest BCUT2D eigenvalue weighted by Crippen LogP contribution is -2.02. The number of benzene rings is 3. The van der Waals surface area contributed by atoms with Crippen LogP contribution < -0.4 is 10.6 Å². The van der Waals surface area contributed by atoms with Crippen LogP contribution >= 0.6 is 0 Å². The van der Waals surface area contributed by atoms with Crippen LogP contribution in [-0.2, 0) is 6.42 Å². The number of hydrogen-bond donors (Lipinski definition) is 2. The van der Waals surface area contributed by atoms with Crippen LogP contribution in [0.15, 0.2) is 98.5 Å². The van der Waals surface area contributed by atoms with E-state index >= 15 is 0 Å². The quantitative estimate of drug-likeness (QED) is 0.198. The van der Waals surface area contributed by atoms with Crippen LogP contribution in [0.25, 0.3) is 28.2 Å². The molecule has 5 heteroatoms. The molecule has 0 bridgehead atoms. The van der Waals surface area contributed by atoms with E-state index in [1.165, 1.54) is 17.5 Å². The molecule has 2 aromatic heterocycles. The molecule has 5 nitrogen and oxygen atoms in total. The number of hydrogen-bond acceptors (Lipinski definition) is 4. The predicted molar refractivity (Wildman–Crippen MR) is 183 cm³/mol. The Bertz CT molecular complexity index is 1630. The molecule has 0 spiro atoms. The summed E-state index contributed by atoms with van der Waals surface area (Å²) < 4.78 is 2.00. The van der Waals surface area contributed by atoms with Crippen LogP contribution in [0.5, 0.6) is 0 Å². The van der Waals surface area contributed by atoms with Crippen molar-refractivity contribution in [3.8, 4) is 11.3 Å². The fourth-order valence-electron chi connectivity index (χ4n) is 4.41. The van der Waals surface area contributed by atoms with Crippen LogP contribution in [0.4, 0.5) is 17.2 Å². The van der Waals surface area contributed by atoms with Gasteiger partial charge >= 0.3 is 0 Å². The molecular weight excluding hydrogens is 514 g/mol. The Morgan fingerprint density at radius 1 is 0.881 bits per heavy atom. The molecule has 0 aliphatic carbocycles. The van der Waals surface area contributed by atoms with E-state index in [9.17, 15) is 0 Å². The zero-order valence-electron chi connectivity index (χ0n) is 26.3. The van der Waals surface area contributed by atoms with Gasteiger partial charge in [0.25, 0.3) is 0 Å². The number of aromatic nitrogens is 3. The van der Waals surface area contributed by atoms with Gasteiger partial charge < -0.3 is 15.0 Å². The van der Waals surface area contributed by atoms with E-state index in [1.807, 2.05) is 61.8 Å². The molecule has 0 radical (unpaired) electrons. The van der Waals surface area contributed by atoms with Crippen molar-refractivity contribution in [2.75, 3.05) is 10.6 Å². The van der Waals surface area contributed by atoms with Crippen LogP contribution in [0.3, 0.4) is 0 Å². The van der Waals surface area contributed by atoms with Crippen molar-refractivity contribution in [3.63, 3.8) is 0 Å². The molecule has 218 valence electrons. The molecule has 3 aromatic carbocycles. The number of aryl methyl sites for hydroxylation is 2. The zero-order valence-corrected chi connectivity index (χ0v) is 26.3. The topological polar surface area (TPSA) is 54.2 Å². The summed E-state index contributed by atoms with van der Waals surface area (Å²) in [6.07, 6.45) is 8.00. The fourth-order valence-corrected chi connectivity index (χ4v) is 4.41. The molecule has 5 rings (SSSR count). The summed E-state index contributed by atoms with van der Waals surface area (Å²) >= 11 is 0. The number of fused-ring (bicyclic) bond motifs is 1. The Kier molecular flexibility index (Phi) is 11.7. The van der Waals surface area contributed by atoms with Gasteiger partial charge in [-0.3, -0.25) is 0 Å². The van der Waals surface area contributed by atoms with Crippen LogP contribution in [0.2, 0.25) is 0 Å².